The third-order valence-electron chi connectivity index (χ3n) is 3.92. The number of rotatable bonds is 1. The molecule has 3 heterocycles. The first kappa shape index (κ1) is 13.9. The van der Waals surface area contributed by atoms with Gasteiger partial charge in [0.25, 0.3) is 0 Å². The van der Waals surface area contributed by atoms with Gasteiger partial charge in [-0.15, -0.1) is 0 Å². The van der Waals surface area contributed by atoms with Crippen molar-refractivity contribution in [3.8, 4) is 0 Å². The SMILES string of the molecule is CC1(C)O[C@H]2O[C@@H]3CO[C@H](c4ccc(Cl)cc4)O[C@@H]3[C@H]2O1. The minimum Gasteiger partial charge on any atom is -0.346 e. The van der Waals surface area contributed by atoms with Crippen LogP contribution in [0.25, 0.3) is 0 Å². The van der Waals surface area contributed by atoms with Crippen molar-refractivity contribution in [1.82, 2.24) is 0 Å². The van der Waals surface area contributed by atoms with Crippen LogP contribution in [-0.2, 0) is 23.7 Å². The van der Waals surface area contributed by atoms with Crippen LogP contribution in [0.1, 0.15) is 25.7 Å². The van der Waals surface area contributed by atoms with Crippen LogP contribution < -0.4 is 0 Å². The number of hydrogen-bond donors (Lipinski definition) is 0. The zero-order chi connectivity index (χ0) is 14.6. The lowest BCUT2D eigenvalue weighted by Gasteiger charge is -2.34. The van der Waals surface area contributed by atoms with Gasteiger partial charge in [0, 0.05) is 10.6 Å². The topological polar surface area (TPSA) is 46.2 Å². The Bertz CT molecular complexity index is 531. The number of halogens is 1. The van der Waals surface area contributed by atoms with Crippen LogP contribution in [-0.4, -0.2) is 37.0 Å². The van der Waals surface area contributed by atoms with E-state index in [1.54, 1.807) is 0 Å². The van der Waals surface area contributed by atoms with Gasteiger partial charge in [-0.1, -0.05) is 23.7 Å². The molecule has 3 fully saturated rings. The quantitative estimate of drug-likeness (QED) is 0.797. The zero-order valence-corrected chi connectivity index (χ0v) is 12.6. The van der Waals surface area contributed by atoms with E-state index in [1.807, 2.05) is 38.1 Å². The van der Waals surface area contributed by atoms with Crippen molar-refractivity contribution >= 4 is 11.6 Å². The Morgan fingerprint density at radius 2 is 1.81 bits per heavy atom. The molecule has 3 aliphatic heterocycles. The van der Waals surface area contributed by atoms with Crippen LogP contribution in [0.2, 0.25) is 5.02 Å². The van der Waals surface area contributed by atoms with Gasteiger partial charge in [0.2, 0.25) is 0 Å². The van der Waals surface area contributed by atoms with Gasteiger partial charge in [-0.3, -0.25) is 0 Å². The third-order valence-corrected chi connectivity index (χ3v) is 4.17. The first-order chi connectivity index (χ1) is 10.0. The van der Waals surface area contributed by atoms with Gasteiger partial charge >= 0.3 is 0 Å². The third kappa shape index (κ3) is 2.48. The Hall–Kier alpha value is -0.690. The Morgan fingerprint density at radius 3 is 2.57 bits per heavy atom. The highest BCUT2D eigenvalue weighted by Gasteiger charge is 2.57. The molecule has 0 aliphatic carbocycles. The Balaban J connectivity index is 1.52. The molecule has 0 aromatic heterocycles. The Morgan fingerprint density at radius 1 is 1.05 bits per heavy atom. The highest BCUT2D eigenvalue weighted by atomic mass is 35.5. The van der Waals surface area contributed by atoms with Crippen molar-refractivity contribution in [2.45, 2.75) is 50.5 Å². The lowest BCUT2D eigenvalue weighted by molar-refractivity contribution is -0.285. The molecule has 5 nitrogen and oxygen atoms in total. The predicted octanol–water partition coefficient (Wildman–Crippen LogP) is 2.63. The van der Waals surface area contributed by atoms with Crippen molar-refractivity contribution < 1.29 is 23.7 Å². The molecule has 3 aliphatic rings. The molecular formula is C15H17ClO5. The molecule has 0 radical (unpaired) electrons. The highest BCUT2D eigenvalue weighted by molar-refractivity contribution is 6.30. The van der Waals surface area contributed by atoms with E-state index in [-0.39, 0.29) is 24.6 Å². The van der Waals surface area contributed by atoms with Crippen LogP contribution in [0, 0.1) is 0 Å². The molecule has 114 valence electrons. The van der Waals surface area contributed by atoms with Crippen LogP contribution in [0.4, 0.5) is 0 Å². The monoisotopic (exact) mass is 312 g/mol. The summed E-state index contributed by atoms with van der Waals surface area (Å²) >= 11 is 5.91. The van der Waals surface area contributed by atoms with Gasteiger partial charge in [0.15, 0.2) is 18.4 Å². The average molecular weight is 313 g/mol. The largest absolute Gasteiger partial charge is 0.346 e. The number of fused-ring (bicyclic) bond motifs is 3. The fourth-order valence-corrected chi connectivity index (χ4v) is 3.13. The molecular weight excluding hydrogens is 296 g/mol. The summed E-state index contributed by atoms with van der Waals surface area (Å²) in [6.07, 6.45) is -1.38. The average Bonchev–Trinajstić information content (AvgIpc) is 2.91. The van der Waals surface area contributed by atoms with Crippen LogP contribution in [0.3, 0.4) is 0 Å². The number of hydrogen-bond acceptors (Lipinski definition) is 5. The van der Waals surface area contributed by atoms with Gasteiger partial charge in [-0.25, -0.2) is 0 Å². The Labute approximate surface area is 128 Å². The fourth-order valence-electron chi connectivity index (χ4n) is 3.00. The smallest absolute Gasteiger partial charge is 0.190 e. The van der Waals surface area contributed by atoms with Gasteiger partial charge in [0.1, 0.15) is 18.3 Å². The van der Waals surface area contributed by atoms with Crippen molar-refractivity contribution in [2.24, 2.45) is 0 Å². The molecule has 5 atom stereocenters. The van der Waals surface area contributed by atoms with Gasteiger partial charge in [0.05, 0.1) is 6.61 Å². The van der Waals surface area contributed by atoms with Gasteiger partial charge < -0.3 is 23.7 Å². The molecule has 0 N–H and O–H groups in total. The second-order valence-corrected chi connectivity index (χ2v) is 6.40. The van der Waals surface area contributed by atoms with E-state index < -0.39 is 12.1 Å². The van der Waals surface area contributed by atoms with E-state index in [0.29, 0.717) is 11.6 Å². The van der Waals surface area contributed by atoms with E-state index >= 15 is 0 Å². The molecule has 3 saturated heterocycles. The van der Waals surface area contributed by atoms with Crippen LogP contribution in [0.15, 0.2) is 24.3 Å². The summed E-state index contributed by atoms with van der Waals surface area (Å²) in [6, 6.07) is 7.44. The molecule has 1 aromatic rings. The number of benzene rings is 1. The minimum atomic E-state index is -0.641. The van der Waals surface area contributed by atoms with E-state index in [4.69, 9.17) is 35.3 Å². The van der Waals surface area contributed by atoms with Crippen LogP contribution in [0.5, 0.6) is 0 Å². The summed E-state index contributed by atoms with van der Waals surface area (Å²) < 4.78 is 29.2. The maximum Gasteiger partial charge on any atom is 0.190 e. The summed E-state index contributed by atoms with van der Waals surface area (Å²) in [4.78, 5) is 0. The second-order valence-electron chi connectivity index (χ2n) is 5.96. The van der Waals surface area contributed by atoms with E-state index in [1.165, 1.54) is 0 Å². The van der Waals surface area contributed by atoms with E-state index in [9.17, 15) is 0 Å². The zero-order valence-electron chi connectivity index (χ0n) is 11.8. The molecule has 1 aromatic carbocycles. The summed E-state index contributed by atoms with van der Waals surface area (Å²) in [5.74, 6) is -0.641. The molecule has 6 heteroatoms. The molecule has 0 spiro atoms. The summed E-state index contributed by atoms with van der Waals surface area (Å²) in [5.41, 5.74) is 0.930. The molecule has 0 amide bonds. The maximum absolute atomic E-state index is 6.05. The second kappa shape index (κ2) is 4.91. The first-order valence-electron chi connectivity index (χ1n) is 7.05. The van der Waals surface area contributed by atoms with Crippen molar-refractivity contribution in [1.29, 1.82) is 0 Å². The Kier molecular flexibility index (Phi) is 3.26. The predicted molar refractivity (Wildman–Crippen MR) is 73.7 cm³/mol. The lowest BCUT2D eigenvalue weighted by atomic mass is 10.1. The first-order valence-corrected chi connectivity index (χ1v) is 7.43. The molecule has 0 saturated carbocycles. The van der Waals surface area contributed by atoms with Crippen LogP contribution >= 0.6 is 11.6 Å². The van der Waals surface area contributed by atoms with Crippen molar-refractivity contribution in [2.75, 3.05) is 6.61 Å². The minimum absolute atomic E-state index is 0.153. The highest BCUT2D eigenvalue weighted by Crippen LogP contribution is 2.42. The van der Waals surface area contributed by atoms with E-state index in [0.717, 1.165) is 5.56 Å². The summed E-state index contributed by atoms with van der Waals surface area (Å²) in [5, 5.41) is 0.686. The maximum atomic E-state index is 6.05. The normalized spacial score (nSPS) is 40.8. The summed E-state index contributed by atoms with van der Waals surface area (Å²) in [7, 11) is 0. The van der Waals surface area contributed by atoms with Gasteiger partial charge in [-0.05, 0) is 26.0 Å². The fraction of sp³-hybridized carbons (Fsp3) is 0.600. The summed E-state index contributed by atoms with van der Waals surface area (Å²) in [6.45, 7) is 4.21. The molecule has 4 rings (SSSR count). The standard InChI is InChI=1S/C15H17ClO5/c1-15(2)20-12-11-10(18-14(12)21-15)7-17-13(19-11)8-3-5-9(16)6-4-8/h3-6,10-14H,7H2,1-2H3/t10-,11+,12-,13+,14-/m1/s1. The number of ether oxygens (including phenoxy) is 5. The lowest BCUT2D eigenvalue weighted by Crippen LogP contribution is -2.44. The molecule has 0 bridgehead atoms. The van der Waals surface area contributed by atoms with Crippen molar-refractivity contribution in [3.63, 3.8) is 0 Å². The van der Waals surface area contributed by atoms with E-state index in [2.05, 4.69) is 0 Å². The molecule has 21 heavy (non-hydrogen) atoms. The molecule has 0 unspecified atom stereocenters. The van der Waals surface area contributed by atoms with Gasteiger partial charge in [-0.2, -0.15) is 0 Å². The van der Waals surface area contributed by atoms with Crippen molar-refractivity contribution in [3.05, 3.63) is 34.9 Å².